The first-order valence-corrected chi connectivity index (χ1v) is 5.79. The highest BCUT2D eigenvalue weighted by atomic mass is 19.3. The Kier molecular flexibility index (Phi) is 6.19. The summed E-state index contributed by atoms with van der Waals surface area (Å²) in [6, 6.07) is 6.83. The highest BCUT2D eigenvalue weighted by Gasteiger charge is 2.14. The van der Waals surface area contributed by atoms with Gasteiger partial charge in [0.1, 0.15) is 5.75 Å². The molecule has 0 aliphatic carbocycles. The molecule has 0 radical (unpaired) electrons. The Balaban J connectivity index is 2.90. The lowest BCUT2D eigenvalue weighted by molar-refractivity contribution is 0.0742. The number of rotatable bonds is 7. The Morgan fingerprint density at radius 1 is 1.47 bits per heavy atom. The van der Waals surface area contributed by atoms with Crippen molar-refractivity contribution in [1.82, 2.24) is 4.90 Å². The van der Waals surface area contributed by atoms with Crippen molar-refractivity contribution >= 4 is 0 Å². The number of ether oxygens (including phenoxy) is 1. The molecule has 1 aromatic carbocycles. The molecule has 1 aromatic rings. The molecule has 0 saturated carbocycles. The highest BCUT2D eigenvalue weighted by molar-refractivity contribution is 5.42. The van der Waals surface area contributed by atoms with Gasteiger partial charge in [-0.2, -0.15) is 5.26 Å². The third kappa shape index (κ3) is 4.81. The number of hydrogen-bond acceptors (Lipinski definition) is 4. The van der Waals surface area contributed by atoms with Crippen LogP contribution in [-0.4, -0.2) is 43.2 Å². The second-order valence-electron chi connectivity index (χ2n) is 3.99. The summed E-state index contributed by atoms with van der Waals surface area (Å²) in [6.07, 6.45) is -2.48. The fourth-order valence-corrected chi connectivity index (χ4v) is 1.78. The molecule has 0 aliphatic rings. The van der Waals surface area contributed by atoms with Gasteiger partial charge < -0.3 is 9.84 Å². The molecule has 0 spiro atoms. The molecule has 0 aromatic heterocycles. The Morgan fingerprint density at radius 3 is 2.74 bits per heavy atom. The summed E-state index contributed by atoms with van der Waals surface area (Å²) in [6.45, 7) is -0.290. The van der Waals surface area contributed by atoms with Crippen LogP contribution in [0, 0.1) is 11.3 Å². The molecule has 104 valence electrons. The largest absolute Gasteiger partial charge is 0.496 e. The Bertz CT molecular complexity index is 447. The molecule has 0 unspecified atom stereocenters. The maximum absolute atomic E-state index is 12.4. The van der Waals surface area contributed by atoms with Crippen LogP contribution in [0.25, 0.3) is 0 Å². The zero-order valence-electron chi connectivity index (χ0n) is 10.6. The number of nitriles is 1. The number of nitrogens with zero attached hydrogens (tertiary/aromatic N) is 2. The fraction of sp³-hybridized carbons (Fsp3) is 0.462. The minimum Gasteiger partial charge on any atom is -0.496 e. The van der Waals surface area contributed by atoms with Crippen LogP contribution < -0.4 is 4.74 Å². The van der Waals surface area contributed by atoms with E-state index in [0.717, 1.165) is 0 Å². The third-order valence-electron chi connectivity index (χ3n) is 2.62. The van der Waals surface area contributed by atoms with E-state index in [4.69, 9.17) is 15.1 Å². The van der Waals surface area contributed by atoms with Crippen LogP contribution >= 0.6 is 0 Å². The first kappa shape index (κ1) is 15.3. The number of halogens is 2. The van der Waals surface area contributed by atoms with Crippen molar-refractivity contribution in [2.24, 2.45) is 0 Å². The first-order valence-electron chi connectivity index (χ1n) is 5.79. The fourth-order valence-electron chi connectivity index (χ4n) is 1.78. The van der Waals surface area contributed by atoms with E-state index < -0.39 is 13.0 Å². The molecular formula is C13H16F2N2O2. The summed E-state index contributed by atoms with van der Waals surface area (Å²) >= 11 is 0. The van der Waals surface area contributed by atoms with E-state index in [0.29, 0.717) is 16.9 Å². The second kappa shape index (κ2) is 7.67. The van der Waals surface area contributed by atoms with Crippen molar-refractivity contribution in [3.05, 3.63) is 29.3 Å². The van der Waals surface area contributed by atoms with Gasteiger partial charge in [0.2, 0.25) is 0 Å². The SMILES string of the molecule is COc1ccc(C#N)cc1CN(CCO)CC(F)F. The number of hydrogen-bond donors (Lipinski definition) is 1. The monoisotopic (exact) mass is 270 g/mol. The van der Waals surface area contributed by atoms with Gasteiger partial charge >= 0.3 is 0 Å². The summed E-state index contributed by atoms with van der Waals surface area (Å²) < 4.78 is 30.0. The van der Waals surface area contributed by atoms with Crippen molar-refractivity contribution < 1.29 is 18.6 Å². The first-order chi connectivity index (χ1) is 9.10. The molecule has 1 rings (SSSR count). The minimum absolute atomic E-state index is 0.143. The van der Waals surface area contributed by atoms with Gasteiger partial charge in [-0.25, -0.2) is 8.78 Å². The standard InChI is InChI=1S/C13H16F2N2O2/c1-19-12-3-2-10(7-16)6-11(12)8-17(4-5-18)9-13(14)15/h2-3,6,13,18H,4-5,8-9H2,1H3. The van der Waals surface area contributed by atoms with E-state index in [9.17, 15) is 8.78 Å². The van der Waals surface area contributed by atoms with Crippen molar-refractivity contribution in [2.45, 2.75) is 13.0 Å². The van der Waals surface area contributed by atoms with Gasteiger partial charge in [0.15, 0.2) is 0 Å². The van der Waals surface area contributed by atoms with Gasteiger partial charge in [-0.05, 0) is 18.2 Å². The zero-order valence-corrected chi connectivity index (χ0v) is 10.6. The van der Waals surface area contributed by atoms with Crippen molar-refractivity contribution in [3.8, 4) is 11.8 Å². The van der Waals surface area contributed by atoms with E-state index >= 15 is 0 Å². The lowest BCUT2D eigenvalue weighted by Crippen LogP contribution is -2.31. The van der Waals surface area contributed by atoms with Crippen LogP contribution in [0.5, 0.6) is 5.75 Å². The van der Waals surface area contributed by atoms with Gasteiger partial charge in [-0.1, -0.05) is 0 Å². The number of benzene rings is 1. The number of methoxy groups -OCH3 is 1. The number of aliphatic hydroxyl groups is 1. The summed E-state index contributed by atoms with van der Waals surface area (Å²) in [5.41, 5.74) is 1.09. The molecule has 1 N–H and O–H groups in total. The van der Waals surface area contributed by atoms with Gasteiger partial charge in [0, 0.05) is 18.7 Å². The summed E-state index contributed by atoms with van der Waals surface area (Å²) in [4.78, 5) is 1.42. The molecule has 4 nitrogen and oxygen atoms in total. The molecule has 19 heavy (non-hydrogen) atoms. The molecule has 0 aliphatic heterocycles. The summed E-state index contributed by atoms with van der Waals surface area (Å²) in [5, 5.41) is 17.7. The van der Waals surface area contributed by atoms with Gasteiger partial charge in [0.25, 0.3) is 6.43 Å². The minimum atomic E-state index is -2.48. The quantitative estimate of drug-likeness (QED) is 0.818. The second-order valence-corrected chi connectivity index (χ2v) is 3.99. The molecule has 0 saturated heterocycles. The van der Waals surface area contributed by atoms with Crippen molar-refractivity contribution in [1.29, 1.82) is 5.26 Å². The zero-order chi connectivity index (χ0) is 14.3. The van der Waals surface area contributed by atoms with Crippen LogP contribution in [0.1, 0.15) is 11.1 Å². The molecule has 0 bridgehead atoms. The van der Waals surface area contributed by atoms with E-state index in [-0.39, 0.29) is 19.7 Å². The van der Waals surface area contributed by atoms with Crippen molar-refractivity contribution in [2.75, 3.05) is 26.8 Å². The smallest absolute Gasteiger partial charge is 0.251 e. The van der Waals surface area contributed by atoms with Crippen LogP contribution in [0.4, 0.5) is 8.78 Å². The number of aliphatic hydroxyl groups excluding tert-OH is 1. The molecule has 6 heteroatoms. The van der Waals surface area contributed by atoms with Crippen LogP contribution in [0.2, 0.25) is 0 Å². The summed E-state index contributed by atoms with van der Waals surface area (Å²) in [7, 11) is 1.48. The van der Waals surface area contributed by atoms with Crippen LogP contribution in [0.3, 0.4) is 0 Å². The third-order valence-corrected chi connectivity index (χ3v) is 2.62. The Morgan fingerprint density at radius 2 is 2.21 bits per heavy atom. The Labute approximate surface area is 110 Å². The molecule has 0 heterocycles. The van der Waals surface area contributed by atoms with Crippen LogP contribution in [0.15, 0.2) is 18.2 Å². The average Bonchev–Trinajstić information content (AvgIpc) is 2.38. The normalized spacial score (nSPS) is 10.8. The predicted molar refractivity (Wildman–Crippen MR) is 66.1 cm³/mol. The van der Waals surface area contributed by atoms with E-state index in [1.807, 2.05) is 6.07 Å². The summed E-state index contributed by atoms with van der Waals surface area (Å²) in [5.74, 6) is 0.538. The molecule has 0 amide bonds. The van der Waals surface area contributed by atoms with Gasteiger partial charge in [-0.15, -0.1) is 0 Å². The van der Waals surface area contributed by atoms with E-state index in [1.165, 1.54) is 12.0 Å². The average molecular weight is 270 g/mol. The van der Waals surface area contributed by atoms with E-state index in [1.54, 1.807) is 18.2 Å². The Hall–Kier alpha value is -1.71. The van der Waals surface area contributed by atoms with E-state index in [2.05, 4.69) is 0 Å². The lowest BCUT2D eigenvalue weighted by Gasteiger charge is -2.22. The highest BCUT2D eigenvalue weighted by Crippen LogP contribution is 2.21. The maximum Gasteiger partial charge on any atom is 0.251 e. The number of alkyl halides is 2. The predicted octanol–water partition coefficient (Wildman–Crippen LogP) is 1.63. The molecule has 0 fully saturated rings. The molecular weight excluding hydrogens is 254 g/mol. The topological polar surface area (TPSA) is 56.5 Å². The molecule has 0 atom stereocenters. The van der Waals surface area contributed by atoms with Gasteiger partial charge in [0.05, 0.1) is 31.9 Å². The maximum atomic E-state index is 12.4. The van der Waals surface area contributed by atoms with Gasteiger partial charge in [-0.3, -0.25) is 4.90 Å². The van der Waals surface area contributed by atoms with Crippen LogP contribution in [-0.2, 0) is 6.54 Å². The lowest BCUT2D eigenvalue weighted by atomic mass is 10.1. The van der Waals surface area contributed by atoms with Crippen molar-refractivity contribution in [3.63, 3.8) is 0 Å².